The first-order valence-corrected chi connectivity index (χ1v) is 11.2. The predicted molar refractivity (Wildman–Crippen MR) is 130 cm³/mol. The van der Waals surface area contributed by atoms with Gasteiger partial charge in [-0.25, -0.2) is 9.97 Å². The van der Waals surface area contributed by atoms with E-state index in [2.05, 4.69) is 25.9 Å². The fraction of sp³-hybridized carbons (Fsp3) is 0.250. The SMILES string of the molecule is N=C(c1ccc(C(=O)Nc2cccc(Cl)c2)cc1)c1c(N)ncnc1NC1CC2CNC1C2. The number of carbonyl (C=O) groups excluding carboxylic acids is 1. The van der Waals surface area contributed by atoms with Gasteiger partial charge in [-0.1, -0.05) is 29.8 Å². The predicted octanol–water partition coefficient (Wildman–Crippen LogP) is 3.54. The van der Waals surface area contributed by atoms with Crippen molar-refractivity contribution >= 4 is 40.5 Å². The highest BCUT2D eigenvalue weighted by Gasteiger charge is 2.39. The molecule has 3 atom stereocenters. The van der Waals surface area contributed by atoms with Crippen LogP contribution in [0.4, 0.5) is 17.3 Å². The normalized spacial score (nSPS) is 21.1. The number of hydrogen-bond donors (Lipinski definition) is 5. The third-order valence-electron chi connectivity index (χ3n) is 6.30. The summed E-state index contributed by atoms with van der Waals surface area (Å²) in [6, 6.07) is 14.4. The maximum absolute atomic E-state index is 12.6. The number of piperidine rings is 1. The number of benzene rings is 2. The molecule has 9 heteroatoms. The molecule has 1 aliphatic heterocycles. The lowest BCUT2D eigenvalue weighted by Crippen LogP contribution is -2.41. The molecule has 3 aromatic rings. The molecule has 168 valence electrons. The molecular weight excluding hydrogens is 438 g/mol. The van der Waals surface area contributed by atoms with Crippen LogP contribution in [-0.2, 0) is 0 Å². The Morgan fingerprint density at radius 3 is 2.61 bits per heavy atom. The van der Waals surface area contributed by atoms with Crippen LogP contribution in [0.3, 0.4) is 0 Å². The summed E-state index contributed by atoms with van der Waals surface area (Å²) in [5, 5.41) is 19.2. The van der Waals surface area contributed by atoms with Crippen LogP contribution in [-0.4, -0.2) is 40.2 Å². The molecule has 5 rings (SSSR count). The van der Waals surface area contributed by atoms with Crippen LogP contribution in [0.5, 0.6) is 0 Å². The fourth-order valence-corrected chi connectivity index (χ4v) is 4.84. The van der Waals surface area contributed by atoms with Crippen molar-refractivity contribution in [3.05, 3.63) is 76.6 Å². The van der Waals surface area contributed by atoms with E-state index < -0.39 is 0 Å². The van der Waals surface area contributed by atoms with E-state index in [-0.39, 0.29) is 23.5 Å². The zero-order chi connectivity index (χ0) is 22.9. The third kappa shape index (κ3) is 4.40. The molecule has 33 heavy (non-hydrogen) atoms. The molecule has 1 aliphatic carbocycles. The Balaban J connectivity index is 1.34. The average molecular weight is 462 g/mol. The Bertz CT molecular complexity index is 1210. The van der Waals surface area contributed by atoms with Gasteiger partial charge in [-0.05, 0) is 55.6 Å². The smallest absolute Gasteiger partial charge is 0.255 e. The number of carbonyl (C=O) groups is 1. The highest BCUT2D eigenvalue weighted by atomic mass is 35.5. The molecule has 1 saturated heterocycles. The summed E-state index contributed by atoms with van der Waals surface area (Å²) in [5.74, 6) is 1.23. The fourth-order valence-electron chi connectivity index (χ4n) is 4.65. The first kappa shape index (κ1) is 21.4. The molecule has 1 amide bonds. The van der Waals surface area contributed by atoms with Crippen LogP contribution < -0.4 is 21.7 Å². The molecule has 0 spiro atoms. The molecule has 2 fully saturated rings. The van der Waals surface area contributed by atoms with Gasteiger partial charge >= 0.3 is 0 Å². The summed E-state index contributed by atoms with van der Waals surface area (Å²) in [7, 11) is 0. The summed E-state index contributed by atoms with van der Waals surface area (Å²) < 4.78 is 0. The number of nitrogens with one attached hydrogen (secondary N) is 4. The van der Waals surface area contributed by atoms with Crippen LogP contribution in [0.15, 0.2) is 54.9 Å². The van der Waals surface area contributed by atoms with E-state index in [4.69, 9.17) is 22.7 Å². The second-order valence-corrected chi connectivity index (χ2v) is 8.94. The number of rotatable bonds is 6. The summed E-state index contributed by atoms with van der Waals surface area (Å²) in [5.41, 5.74) is 8.53. The first-order chi connectivity index (χ1) is 16.0. The molecule has 2 aromatic carbocycles. The van der Waals surface area contributed by atoms with E-state index in [1.54, 1.807) is 48.5 Å². The quantitative estimate of drug-likeness (QED) is 0.357. The number of amides is 1. The number of hydrogen-bond acceptors (Lipinski definition) is 7. The number of aromatic nitrogens is 2. The van der Waals surface area contributed by atoms with Gasteiger partial charge in [-0.15, -0.1) is 0 Å². The number of anilines is 3. The van der Waals surface area contributed by atoms with E-state index >= 15 is 0 Å². The highest BCUT2D eigenvalue weighted by Crippen LogP contribution is 2.34. The Kier molecular flexibility index (Phi) is 5.70. The molecule has 1 saturated carbocycles. The van der Waals surface area contributed by atoms with Crippen LogP contribution in [0.25, 0.3) is 0 Å². The van der Waals surface area contributed by atoms with Gasteiger partial charge < -0.3 is 21.7 Å². The molecule has 2 bridgehead atoms. The summed E-state index contributed by atoms with van der Waals surface area (Å²) >= 11 is 5.98. The third-order valence-corrected chi connectivity index (χ3v) is 6.53. The molecule has 3 unspecified atom stereocenters. The van der Waals surface area contributed by atoms with Gasteiger partial charge in [0.05, 0.1) is 11.3 Å². The van der Waals surface area contributed by atoms with E-state index in [1.807, 2.05) is 0 Å². The van der Waals surface area contributed by atoms with Crippen molar-refractivity contribution in [2.45, 2.75) is 24.9 Å². The van der Waals surface area contributed by atoms with E-state index in [0.29, 0.717) is 45.2 Å². The lowest BCUT2D eigenvalue weighted by Gasteiger charge is -2.25. The van der Waals surface area contributed by atoms with E-state index in [0.717, 1.165) is 19.4 Å². The van der Waals surface area contributed by atoms with Crippen molar-refractivity contribution in [2.24, 2.45) is 5.92 Å². The van der Waals surface area contributed by atoms with Crippen molar-refractivity contribution in [1.29, 1.82) is 5.41 Å². The van der Waals surface area contributed by atoms with Crippen molar-refractivity contribution in [3.8, 4) is 0 Å². The lowest BCUT2D eigenvalue weighted by atomic mass is 10.0. The molecule has 0 radical (unpaired) electrons. The number of nitrogens with two attached hydrogens (primary N) is 1. The maximum Gasteiger partial charge on any atom is 0.255 e. The van der Waals surface area contributed by atoms with Gasteiger partial charge in [0.15, 0.2) is 0 Å². The standard InChI is InChI=1S/C24H24ClN7O/c25-16-2-1-3-17(10-16)31-24(33)15-6-4-14(5-7-15)21(26)20-22(27)29-12-30-23(20)32-19-9-13-8-18(19)28-11-13/h1-7,10,12-13,18-19,26,28H,8-9,11H2,(H,31,33)(H3,27,29,30,32). The van der Waals surface area contributed by atoms with Crippen LogP contribution in [0.1, 0.15) is 34.3 Å². The molecule has 2 aliphatic rings. The number of nitrogens with zero attached hydrogens (tertiary/aromatic N) is 2. The highest BCUT2D eigenvalue weighted by molar-refractivity contribution is 6.31. The van der Waals surface area contributed by atoms with E-state index in [9.17, 15) is 4.79 Å². The molecule has 6 N–H and O–H groups in total. The van der Waals surface area contributed by atoms with E-state index in [1.165, 1.54) is 6.33 Å². The van der Waals surface area contributed by atoms with Gasteiger partial charge in [-0.2, -0.15) is 0 Å². The minimum atomic E-state index is -0.260. The number of nitrogen functional groups attached to an aromatic ring is 1. The minimum absolute atomic E-state index is 0.202. The zero-order valence-electron chi connectivity index (χ0n) is 17.8. The van der Waals surface area contributed by atoms with Crippen molar-refractivity contribution in [1.82, 2.24) is 15.3 Å². The van der Waals surface area contributed by atoms with Crippen molar-refractivity contribution < 1.29 is 4.79 Å². The van der Waals surface area contributed by atoms with Crippen LogP contribution in [0, 0.1) is 11.3 Å². The Morgan fingerprint density at radius 1 is 1.12 bits per heavy atom. The largest absolute Gasteiger partial charge is 0.383 e. The molecular formula is C24H24ClN7O. The molecule has 1 aromatic heterocycles. The van der Waals surface area contributed by atoms with Crippen molar-refractivity contribution in [3.63, 3.8) is 0 Å². The average Bonchev–Trinajstić information content (AvgIpc) is 3.42. The second-order valence-electron chi connectivity index (χ2n) is 8.50. The van der Waals surface area contributed by atoms with Gasteiger partial charge in [0.25, 0.3) is 5.91 Å². The van der Waals surface area contributed by atoms with Gasteiger partial charge in [0.1, 0.15) is 18.0 Å². The Hall–Kier alpha value is -3.49. The number of halogens is 1. The maximum atomic E-state index is 12.6. The summed E-state index contributed by atoms with van der Waals surface area (Å²) in [6.45, 7) is 1.06. The monoisotopic (exact) mass is 461 g/mol. The first-order valence-electron chi connectivity index (χ1n) is 10.8. The zero-order valence-corrected chi connectivity index (χ0v) is 18.6. The Labute approximate surface area is 196 Å². The summed E-state index contributed by atoms with van der Waals surface area (Å²) in [4.78, 5) is 21.1. The molecule has 2 heterocycles. The van der Waals surface area contributed by atoms with Crippen LogP contribution in [0.2, 0.25) is 5.02 Å². The molecule has 8 nitrogen and oxygen atoms in total. The van der Waals surface area contributed by atoms with Gasteiger partial charge in [-0.3, -0.25) is 10.2 Å². The number of fused-ring (bicyclic) bond motifs is 2. The lowest BCUT2D eigenvalue weighted by molar-refractivity contribution is 0.102. The van der Waals surface area contributed by atoms with Crippen LogP contribution >= 0.6 is 11.6 Å². The topological polar surface area (TPSA) is 129 Å². The second kappa shape index (κ2) is 8.80. The van der Waals surface area contributed by atoms with Crippen molar-refractivity contribution in [2.75, 3.05) is 22.9 Å². The van der Waals surface area contributed by atoms with Gasteiger partial charge in [0, 0.05) is 33.9 Å². The summed E-state index contributed by atoms with van der Waals surface area (Å²) in [6.07, 6.45) is 3.65. The Morgan fingerprint density at radius 2 is 1.91 bits per heavy atom. The minimum Gasteiger partial charge on any atom is -0.383 e. The van der Waals surface area contributed by atoms with Gasteiger partial charge in [0.2, 0.25) is 0 Å².